The highest BCUT2D eigenvalue weighted by molar-refractivity contribution is 5.85. The first-order valence-electron chi connectivity index (χ1n) is 6.73. The Balaban J connectivity index is 2.13. The smallest absolute Gasteiger partial charge is 0.241 e. The Morgan fingerprint density at radius 2 is 2.10 bits per heavy atom. The van der Waals surface area contributed by atoms with Crippen molar-refractivity contribution in [3.8, 4) is 6.07 Å². The van der Waals surface area contributed by atoms with Crippen LogP contribution in [0.4, 0.5) is 0 Å². The van der Waals surface area contributed by atoms with Crippen LogP contribution in [-0.2, 0) is 9.53 Å². The summed E-state index contributed by atoms with van der Waals surface area (Å²) in [5.74, 6) is 0.448. The first-order valence-corrected chi connectivity index (χ1v) is 6.73. The Kier molecular flexibility index (Phi) is 4.09. The van der Waals surface area contributed by atoms with Gasteiger partial charge in [0.25, 0.3) is 0 Å². The number of rotatable bonds is 3. The number of aromatic nitrogens is 1. The van der Waals surface area contributed by atoms with Gasteiger partial charge >= 0.3 is 0 Å². The van der Waals surface area contributed by atoms with Crippen LogP contribution in [0.25, 0.3) is 0 Å². The second kappa shape index (κ2) is 5.63. The monoisotopic (exact) mass is 277 g/mol. The van der Waals surface area contributed by atoms with E-state index >= 15 is 0 Å². The lowest BCUT2D eigenvalue weighted by Gasteiger charge is -2.30. The summed E-state index contributed by atoms with van der Waals surface area (Å²) in [6.07, 6.45) is 0.868. The van der Waals surface area contributed by atoms with Gasteiger partial charge in [-0.1, -0.05) is 5.16 Å². The number of hydrogen-bond donors (Lipinski definition) is 1. The molecule has 108 valence electrons. The second-order valence-corrected chi connectivity index (χ2v) is 5.24. The van der Waals surface area contributed by atoms with Crippen LogP contribution in [0.5, 0.6) is 0 Å². The Morgan fingerprint density at radius 1 is 1.45 bits per heavy atom. The first kappa shape index (κ1) is 14.5. The van der Waals surface area contributed by atoms with E-state index in [9.17, 15) is 10.1 Å². The van der Waals surface area contributed by atoms with Gasteiger partial charge < -0.3 is 14.6 Å². The molecule has 1 saturated heterocycles. The molecule has 2 heterocycles. The maximum Gasteiger partial charge on any atom is 0.241 e. The number of hydrogen-bond acceptors (Lipinski definition) is 5. The van der Waals surface area contributed by atoms with Crippen LogP contribution in [-0.4, -0.2) is 24.3 Å². The summed E-state index contributed by atoms with van der Waals surface area (Å²) in [6, 6.07) is 1.93. The van der Waals surface area contributed by atoms with Crippen molar-refractivity contribution in [3.63, 3.8) is 0 Å². The fourth-order valence-electron chi connectivity index (χ4n) is 2.62. The topological polar surface area (TPSA) is 88.2 Å². The van der Waals surface area contributed by atoms with Gasteiger partial charge in [-0.05, 0) is 33.6 Å². The van der Waals surface area contributed by atoms with Crippen LogP contribution >= 0.6 is 0 Å². The van der Waals surface area contributed by atoms with E-state index in [0.717, 1.165) is 11.3 Å². The third-order valence-electron chi connectivity index (χ3n) is 3.86. The number of carbonyl (C=O) groups excluding carboxylic acids is 1. The molecular weight excluding hydrogens is 258 g/mol. The number of ether oxygens (including phenoxy) is 1. The van der Waals surface area contributed by atoms with Crippen molar-refractivity contribution in [2.24, 2.45) is 5.41 Å². The number of nitrogens with zero attached hydrogens (tertiary/aromatic N) is 2. The summed E-state index contributed by atoms with van der Waals surface area (Å²) in [5, 5.41) is 16.2. The molecule has 0 radical (unpaired) electrons. The zero-order valence-corrected chi connectivity index (χ0v) is 12.0. The van der Waals surface area contributed by atoms with Crippen LogP contribution in [0.15, 0.2) is 4.52 Å². The number of nitriles is 1. The van der Waals surface area contributed by atoms with E-state index in [0.29, 0.717) is 31.8 Å². The molecular formula is C14H19N3O3. The van der Waals surface area contributed by atoms with Gasteiger partial charge in [-0.2, -0.15) is 5.26 Å². The number of aryl methyl sites for hydroxylation is 2. The normalized spacial score (nSPS) is 19.1. The van der Waals surface area contributed by atoms with Gasteiger partial charge in [-0.3, -0.25) is 4.79 Å². The minimum absolute atomic E-state index is 0.234. The summed E-state index contributed by atoms with van der Waals surface area (Å²) in [7, 11) is 0. The summed E-state index contributed by atoms with van der Waals surface area (Å²) in [4.78, 5) is 12.4. The van der Waals surface area contributed by atoms with Gasteiger partial charge in [0.15, 0.2) is 0 Å². The molecule has 1 fully saturated rings. The van der Waals surface area contributed by atoms with Crippen molar-refractivity contribution in [3.05, 3.63) is 17.0 Å². The van der Waals surface area contributed by atoms with E-state index < -0.39 is 5.41 Å². The lowest BCUT2D eigenvalue weighted by molar-refractivity contribution is -0.133. The quantitative estimate of drug-likeness (QED) is 0.910. The Morgan fingerprint density at radius 3 is 2.60 bits per heavy atom. The summed E-state index contributed by atoms with van der Waals surface area (Å²) in [5.41, 5.74) is 0.651. The fraction of sp³-hybridized carbons (Fsp3) is 0.643. The molecule has 0 bridgehead atoms. The van der Waals surface area contributed by atoms with Gasteiger partial charge in [-0.15, -0.1) is 0 Å². The zero-order chi connectivity index (χ0) is 14.8. The largest absolute Gasteiger partial charge is 0.381 e. The van der Waals surface area contributed by atoms with E-state index in [1.165, 1.54) is 0 Å². The van der Waals surface area contributed by atoms with Gasteiger partial charge in [0.2, 0.25) is 5.91 Å². The minimum Gasteiger partial charge on any atom is -0.381 e. The molecule has 1 atom stereocenters. The van der Waals surface area contributed by atoms with Gasteiger partial charge in [-0.25, -0.2) is 0 Å². The highest BCUT2D eigenvalue weighted by Gasteiger charge is 2.41. The van der Waals surface area contributed by atoms with Crippen molar-refractivity contribution in [2.75, 3.05) is 13.2 Å². The van der Waals surface area contributed by atoms with E-state index in [-0.39, 0.29) is 11.9 Å². The fourth-order valence-corrected chi connectivity index (χ4v) is 2.62. The molecule has 0 aromatic carbocycles. The predicted octanol–water partition coefficient (Wildman–Crippen LogP) is 1.79. The third kappa shape index (κ3) is 2.54. The molecule has 6 heteroatoms. The average molecular weight is 277 g/mol. The van der Waals surface area contributed by atoms with Crippen LogP contribution in [0.1, 0.15) is 42.8 Å². The second-order valence-electron chi connectivity index (χ2n) is 5.24. The molecule has 2 rings (SSSR count). The highest BCUT2D eigenvalue weighted by atomic mass is 16.5. The molecule has 6 nitrogen and oxygen atoms in total. The van der Waals surface area contributed by atoms with E-state index in [4.69, 9.17) is 9.26 Å². The lowest BCUT2D eigenvalue weighted by Crippen LogP contribution is -2.44. The third-order valence-corrected chi connectivity index (χ3v) is 3.86. The van der Waals surface area contributed by atoms with Gasteiger partial charge in [0.05, 0.1) is 17.8 Å². The van der Waals surface area contributed by atoms with Crippen LogP contribution in [0, 0.1) is 30.6 Å². The lowest BCUT2D eigenvalue weighted by atomic mass is 9.80. The molecule has 1 N–H and O–H groups in total. The van der Waals surface area contributed by atoms with Crippen LogP contribution in [0.2, 0.25) is 0 Å². The van der Waals surface area contributed by atoms with E-state index in [2.05, 4.69) is 16.5 Å². The molecule has 0 spiro atoms. The SMILES string of the molecule is Cc1noc(C)c1C(C)NC(=O)C1(C#N)CCOCC1. The molecule has 1 amide bonds. The molecule has 1 aromatic heterocycles. The summed E-state index contributed by atoms with van der Waals surface area (Å²) < 4.78 is 10.3. The molecule has 1 aromatic rings. The average Bonchev–Trinajstić information content (AvgIpc) is 2.78. The highest BCUT2D eigenvalue weighted by Crippen LogP contribution is 2.31. The minimum atomic E-state index is -0.981. The van der Waals surface area contributed by atoms with Crippen LogP contribution in [0.3, 0.4) is 0 Å². The predicted molar refractivity (Wildman–Crippen MR) is 70.6 cm³/mol. The van der Waals surface area contributed by atoms with E-state index in [1.54, 1.807) is 0 Å². The molecule has 0 saturated carbocycles. The summed E-state index contributed by atoms with van der Waals surface area (Å²) in [6.45, 7) is 6.41. The van der Waals surface area contributed by atoms with Gasteiger partial charge in [0.1, 0.15) is 11.2 Å². The summed E-state index contributed by atoms with van der Waals surface area (Å²) >= 11 is 0. The van der Waals surface area contributed by atoms with E-state index in [1.807, 2.05) is 20.8 Å². The van der Waals surface area contributed by atoms with Crippen molar-refractivity contribution in [2.45, 2.75) is 39.7 Å². The Labute approximate surface area is 118 Å². The van der Waals surface area contributed by atoms with Crippen molar-refractivity contribution < 1.29 is 14.1 Å². The van der Waals surface area contributed by atoms with Crippen molar-refractivity contribution >= 4 is 5.91 Å². The Bertz CT molecular complexity index is 519. The molecule has 1 aliphatic rings. The van der Waals surface area contributed by atoms with Crippen LogP contribution < -0.4 is 5.32 Å². The van der Waals surface area contributed by atoms with Gasteiger partial charge in [0, 0.05) is 18.8 Å². The maximum atomic E-state index is 12.4. The molecule has 0 aliphatic carbocycles. The number of carbonyl (C=O) groups is 1. The maximum absolute atomic E-state index is 12.4. The van der Waals surface area contributed by atoms with Crippen molar-refractivity contribution in [1.29, 1.82) is 5.26 Å². The molecule has 1 unspecified atom stereocenters. The van der Waals surface area contributed by atoms with Crippen molar-refractivity contribution in [1.82, 2.24) is 10.5 Å². The first-order chi connectivity index (χ1) is 9.50. The molecule has 1 aliphatic heterocycles. The molecule has 20 heavy (non-hydrogen) atoms. The number of nitrogens with one attached hydrogen (secondary N) is 1. The Hall–Kier alpha value is -1.87. The number of amides is 1. The zero-order valence-electron chi connectivity index (χ0n) is 12.0. The standard InChI is InChI=1S/C14H19N3O3/c1-9(12-10(2)17-20-11(12)3)16-13(18)14(8-15)4-6-19-7-5-14/h9H,4-7H2,1-3H3,(H,16,18).